The van der Waals surface area contributed by atoms with Crippen molar-refractivity contribution in [3.05, 3.63) is 63.6 Å². The predicted molar refractivity (Wildman–Crippen MR) is 78.0 cm³/mol. The van der Waals surface area contributed by atoms with Gasteiger partial charge in [0.05, 0.1) is 6.04 Å². The third-order valence-corrected chi connectivity index (χ3v) is 3.86. The van der Waals surface area contributed by atoms with E-state index in [1.807, 2.05) is 25.1 Å². The van der Waals surface area contributed by atoms with Gasteiger partial charge in [-0.05, 0) is 41.8 Å². The number of aryl methyl sites for hydroxylation is 1. The number of nitrogens with two attached hydrogens (primary N) is 1. The minimum absolute atomic E-state index is 0.276. The number of ether oxygens (including phenoxy) is 1. The third-order valence-electron chi connectivity index (χ3n) is 3.01. The monoisotopic (exact) mass is 359 g/mol. The average molecular weight is 360 g/mol. The van der Waals surface area contributed by atoms with E-state index in [0.29, 0.717) is 5.56 Å². The normalized spacial score (nSPS) is 13.0. The highest BCUT2D eigenvalue weighted by atomic mass is 79.9. The predicted octanol–water partition coefficient (Wildman–Crippen LogP) is 4.70. The van der Waals surface area contributed by atoms with Crippen LogP contribution in [0.2, 0.25) is 0 Å². The quantitative estimate of drug-likeness (QED) is 0.861. The second kappa shape index (κ2) is 6.07. The molecule has 0 saturated carbocycles. The van der Waals surface area contributed by atoms with Gasteiger partial charge in [0.15, 0.2) is 0 Å². The molecule has 112 valence electrons. The minimum Gasteiger partial charge on any atom is -0.406 e. The molecule has 0 saturated heterocycles. The Morgan fingerprint density at radius 2 is 1.76 bits per heavy atom. The Morgan fingerprint density at radius 1 is 1.10 bits per heavy atom. The van der Waals surface area contributed by atoms with Crippen molar-refractivity contribution >= 4 is 15.9 Å². The molecule has 0 amide bonds. The van der Waals surface area contributed by atoms with Gasteiger partial charge < -0.3 is 10.5 Å². The third kappa shape index (κ3) is 4.22. The van der Waals surface area contributed by atoms with Gasteiger partial charge in [-0.3, -0.25) is 0 Å². The van der Waals surface area contributed by atoms with Crippen LogP contribution in [0, 0.1) is 6.92 Å². The van der Waals surface area contributed by atoms with Crippen LogP contribution < -0.4 is 10.5 Å². The van der Waals surface area contributed by atoms with Gasteiger partial charge in [0, 0.05) is 4.47 Å². The van der Waals surface area contributed by atoms with Crippen molar-refractivity contribution in [2.24, 2.45) is 5.73 Å². The summed E-state index contributed by atoms with van der Waals surface area (Å²) >= 11 is 3.41. The van der Waals surface area contributed by atoms with Gasteiger partial charge in [0.25, 0.3) is 0 Å². The lowest BCUT2D eigenvalue weighted by molar-refractivity contribution is -0.274. The van der Waals surface area contributed by atoms with Gasteiger partial charge in [-0.15, -0.1) is 13.2 Å². The van der Waals surface area contributed by atoms with Crippen molar-refractivity contribution in [1.82, 2.24) is 0 Å². The molecule has 21 heavy (non-hydrogen) atoms. The molecule has 2 N–H and O–H groups in total. The van der Waals surface area contributed by atoms with Gasteiger partial charge in [-0.2, -0.15) is 0 Å². The van der Waals surface area contributed by atoms with Crippen LogP contribution in [-0.4, -0.2) is 6.36 Å². The first-order valence-electron chi connectivity index (χ1n) is 6.13. The van der Waals surface area contributed by atoms with Crippen molar-refractivity contribution in [3.63, 3.8) is 0 Å². The van der Waals surface area contributed by atoms with Crippen molar-refractivity contribution in [2.45, 2.75) is 19.3 Å². The molecular weight excluding hydrogens is 347 g/mol. The van der Waals surface area contributed by atoms with Gasteiger partial charge in [-0.25, -0.2) is 0 Å². The molecule has 0 fully saturated rings. The van der Waals surface area contributed by atoms with E-state index >= 15 is 0 Å². The van der Waals surface area contributed by atoms with Crippen molar-refractivity contribution in [1.29, 1.82) is 0 Å². The molecule has 2 aromatic rings. The summed E-state index contributed by atoms with van der Waals surface area (Å²) in [4.78, 5) is 0. The highest BCUT2D eigenvalue weighted by molar-refractivity contribution is 9.10. The van der Waals surface area contributed by atoms with Crippen LogP contribution >= 0.6 is 15.9 Å². The molecule has 0 heterocycles. The summed E-state index contributed by atoms with van der Waals surface area (Å²) in [5, 5.41) is 0. The highest BCUT2D eigenvalue weighted by Crippen LogP contribution is 2.29. The lowest BCUT2D eigenvalue weighted by atomic mass is 9.98. The zero-order valence-electron chi connectivity index (χ0n) is 11.1. The molecule has 0 radical (unpaired) electrons. The number of halogens is 4. The number of benzene rings is 2. The smallest absolute Gasteiger partial charge is 0.406 e. The Labute approximate surface area is 128 Å². The summed E-state index contributed by atoms with van der Waals surface area (Å²) in [5.41, 5.74) is 8.52. The fourth-order valence-electron chi connectivity index (χ4n) is 1.90. The van der Waals surface area contributed by atoms with Crippen LogP contribution in [0.1, 0.15) is 22.7 Å². The Hall–Kier alpha value is -1.53. The van der Waals surface area contributed by atoms with Crippen LogP contribution in [0.25, 0.3) is 0 Å². The van der Waals surface area contributed by atoms with Crippen molar-refractivity contribution in [3.8, 4) is 5.75 Å². The SMILES string of the molecule is Cc1ccc(C(N)c2cccc(OC(F)(F)F)c2)cc1Br. The van der Waals surface area contributed by atoms with E-state index in [2.05, 4.69) is 20.7 Å². The van der Waals surface area contributed by atoms with E-state index < -0.39 is 12.4 Å². The van der Waals surface area contributed by atoms with Gasteiger partial charge >= 0.3 is 6.36 Å². The second-order valence-corrected chi connectivity index (χ2v) is 5.46. The van der Waals surface area contributed by atoms with E-state index in [1.54, 1.807) is 6.07 Å². The molecule has 0 bridgehead atoms. The van der Waals surface area contributed by atoms with E-state index in [-0.39, 0.29) is 5.75 Å². The Balaban J connectivity index is 2.28. The Kier molecular flexibility index (Phi) is 4.58. The zero-order valence-corrected chi connectivity index (χ0v) is 12.7. The molecule has 2 aromatic carbocycles. The molecule has 0 aliphatic rings. The summed E-state index contributed by atoms with van der Waals surface area (Å²) in [6.07, 6.45) is -4.71. The van der Waals surface area contributed by atoms with Crippen LogP contribution in [-0.2, 0) is 0 Å². The van der Waals surface area contributed by atoms with E-state index in [1.165, 1.54) is 18.2 Å². The lowest BCUT2D eigenvalue weighted by Gasteiger charge is -2.15. The van der Waals surface area contributed by atoms with Crippen LogP contribution in [0.3, 0.4) is 0 Å². The van der Waals surface area contributed by atoms with Gasteiger partial charge in [0.1, 0.15) is 5.75 Å². The van der Waals surface area contributed by atoms with Crippen molar-refractivity contribution in [2.75, 3.05) is 0 Å². The first-order valence-corrected chi connectivity index (χ1v) is 6.93. The molecule has 2 nitrogen and oxygen atoms in total. The summed E-state index contributed by atoms with van der Waals surface area (Å²) in [7, 11) is 0. The summed E-state index contributed by atoms with van der Waals surface area (Å²) < 4.78 is 41.5. The van der Waals surface area contributed by atoms with E-state index in [4.69, 9.17) is 5.73 Å². The molecule has 1 atom stereocenters. The van der Waals surface area contributed by atoms with Gasteiger partial charge in [-0.1, -0.05) is 40.2 Å². The van der Waals surface area contributed by atoms with E-state index in [0.717, 1.165) is 15.6 Å². The second-order valence-electron chi connectivity index (χ2n) is 4.61. The molecule has 1 unspecified atom stereocenters. The molecule has 2 rings (SSSR count). The van der Waals surface area contributed by atoms with Crippen molar-refractivity contribution < 1.29 is 17.9 Å². The van der Waals surface area contributed by atoms with Crippen LogP contribution in [0.4, 0.5) is 13.2 Å². The molecule has 0 aliphatic carbocycles. The molecule has 0 aliphatic heterocycles. The largest absolute Gasteiger partial charge is 0.573 e. The highest BCUT2D eigenvalue weighted by Gasteiger charge is 2.31. The first-order chi connectivity index (χ1) is 9.76. The lowest BCUT2D eigenvalue weighted by Crippen LogP contribution is -2.18. The maximum absolute atomic E-state index is 12.2. The number of hydrogen-bond acceptors (Lipinski definition) is 2. The fraction of sp³-hybridized carbons (Fsp3) is 0.200. The Bertz CT molecular complexity index is 643. The topological polar surface area (TPSA) is 35.2 Å². The first kappa shape index (κ1) is 15.9. The molecule has 0 aromatic heterocycles. The number of alkyl halides is 3. The summed E-state index contributed by atoms with van der Waals surface area (Å²) in [6, 6.07) is 10.8. The maximum Gasteiger partial charge on any atom is 0.573 e. The molecular formula is C15H13BrF3NO. The average Bonchev–Trinajstić information content (AvgIpc) is 2.39. The summed E-state index contributed by atoms with van der Waals surface area (Å²) in [6.45, 7) is 1.94. The van der Waals surface area contributed by atoms with Crippen LogP contribution in [0.5, 0.6) is 5.75 Å². The Morgan fingerprint density at radius 3 is 2.38 bits per heavy atom. The fourth-order valence-corrected chi connectivity index (χ4v) is 2.30. The number of rotatable bonds is 3. The van der Waals surface area contributed by atoms with Gasteiger partial charge in [0.2, 0.25) is 0 Å². The number of hydrogen-bond donors (Lipinski definition) is 1. The minimum atomic E-state index is -4.71. The zero-order chi connectivity index (χ0) is 15.6. The molecule has 0 spiro atoms. The maximum atomic E-state index is 12.2. The standard InChI is InChI=1S/C15H13BrF3NO/c1-9-5-6-11(8-13(9)16)14(20)10-3-2-4-12(7-10)21-15(17,18)19/h2-8,14H,20H2,1H3. The van der Waals surface area contributed by atoms with E-state index in [9.17, 15) is 13.2 Å². The molecule has 6 heteroatoms. The van der Waals surface area contributed by atoms with Crippen LogP contribution in [0.15, 0.2) is 46.9 Å². The summed E-state index contributed by atoms with van der Waals surface area (Å²) in [5.74, 6) is -0.276.